The van der Waals surface area contributed by atoms with Crippen molar-refractivity contribution in [1.82, 2.24) is 10.3 Å². The van der Waals surface area contributed by atoms with Crippen LogP contribution in [-0.2, 0) is 19.2 Å². The molecule has 0 saturated heterocycles. The number of aromatic amines is 1. The van der Waals surface area contributed by atoms with Crippen molar-refractivity contribution in [1.29, 1.82) is 0 Å². The minimum atomic E-state index is -1.27. The topological polar surface area (TPSA) is 166 Å². The fourth-order valence-electron chi connectivity index (χ4n) is 2.02. The average molecular weight is 415 g/mol. The van der Waals surface area contributed by atoms with Gasteiger partial charge in [-0.15, -0.1) is 0 Å². The summed E-state index contributed by atoms with van der Waals surface area (Å²) in [6, 6.07) is 1.74. The van der Waals surface area contributed by atoms with Crippen molar-refractivity contribution in [2.24, 2.45) is 5.73 Å². The Balaban J connectivity index is 2.90. The number of carboxylic acids is 2. The van der Waals surface area contributed by atoms with Gasteiger partial charge in [0.25, 0.3) is 5.91 Å². The summed E-state index contributed by atoms with van der Waals surface area (Å²) in [5.41, 5.74) is 5.45. The van der Waals surface area contributed by atoms with Gasteiger partial charge < -0.3 is 26.2 Å². The maximum atomic E-state index is 12.7. The second kappa shape index (κ2) is 10.6. The Bertz CT molecular complexity index is 769. The number of hydrogen-bond donors (Lipinski definition) is 6. The van der Waals surface area contributed by atoms with Crippen LogP contribution in [0.15, 0.2) is 12.3 Å². The third kappa shape index (κ3) is 7.37. The Morgan fingerprint density at radius 2 is 2.04 bits per heavy atom. The van der Waals surface area contributed by atoms with Gasteiger partial charge in [0.2, 0.25) is 5.91 Å². The van der Waals surface area contributed by atoms with Gasteiger partial charge >= 0.3 is 11.9 Å². The number of aromatic nitrogens is 1. The van der Waals surface area contributed by atoms with Gasteiger partial charge in [0.05, 0.1) is 5.69 Å². The molecular formula is C15H19N4O6S2. The molecular weight excluding hydrogens is 396 g/mol. The van der Waals surface area contributed by atoms with Crippen LogP contribution in [0.3, 0.4) is 0 Å². The van der Waals surface area contributed by atoms with Crippen molar-refractivity contribution in [2.75, 3.05) is 17.2 Å². The first-order chi connectivity index (χ1) is 12.6. The zero-order valence-electron chi connectivity index (χ0n) is 14.0. The van der Waals surface area contributed by atoms with Gasteiger partial charge in [0.15, 0.2) is 0 Å². The molecule has 2 unspecified atom stereocenters. The molecule has 2 atom stereocenters. The molecule has 1 aromatic heterocycles. The van der Waals surface area contributed by atoms with E-state index < -0.39 is 42.4 Å². The molecule has 1 rings (SSSR count). The summed E-state index contributed by atoms with van der Waals surface area (Å²) in [5.74, 6) is -3.95. The SMILES string of the molecule is NC(CCC(=O)NC(CS)C(=O)N(CC(=O)O)c1[c]c(=S)[nH]cc1)C(=O)O. The van der Waals surface area contributed by atoms with E-state index in [2.05, 4.69) is 29.0 Å². The van der Waals surface area contributed by atoms with Gasteiger partial charge in [-0.2, -0.15) is 12.6 Å². The Morgan fingerprint density at radius 3 is 2.56 bits per heavy atom. The molecule has 0 aliphatic heterocycles. The summed E-state index contributed by atoms with van der Waals surface area (Å²) < 4.78 is 0.171. The van der Waals surface area contributed by atoms with Crippen LogP contribution in [0.4, 0.5) is 5.69 Å². The summed E-state index contributed by atoms with van der Waals surface area (Å²) in [5, 5.41) is 20.2. The molecule has 6 N–H and O–H groups in total. The zero-order valence-corrected chi connectivity index (χ0v) is 15.8. The van der Waals surface area contributed by atoms with Gasteiger partial charge in [-0.25, -0.2) is 0 Å². The molecule has 10 nitrogen and oxygen atoms in total. The largest absolute Gasteiger partial charge is 0.480 e. The summed E-state index contributed by atoms with van der Waals surface area (Å²) in [4.78, 5) is 50.1. The lowest BCUT2D eigenvalue weighted by molar-refractivity contribution is -0.139. The fraction of sp³-hybridized carbons (Fsp3) is 0.400. The molecule has 1 radical (unpaired) electrons. The fourth-order valence-corrected chi connectivity index (χ4v) is 2.44. The number of carbonyl (C=O) groups excluding carboxylic acids is 2. The number of nitrogens with two attached hydrogens (primary N) is 1. The number of nitrogens with zero attached hydrogens (tertiary/aromatic N) is 1. The number of carboxylic acid groups (broad SMARTS) is 2. The molecule has 0 bridgehead atoms. The number of anilines is 1. The predicted molar refractivity (Wildman–Crippen MR) is 101 cm³/mol. The van der Waals surface area contributed by atoms with Crippen molar-refractivity contribution >= 4 is 54.3 Å². The molecule has 0 aliphatic rings. The normalized spacial score (nSPS) is 12.7. The lowest BCUT2D eigenvalue weighted by Crippen LogP contribution is -2.51. The summed E-state index contributed by atoms with van der Waals surface area (Å²) in [7, 11) is 0. The quantitative estimate of drug-likeness (QED) is 0.221. The van der Waals surface area contributed by atoms with Gasteiger partial charge in [0.1, 0.15) is 23.3 Å². The van der Waals surface area contributed by atoms with Crippen LogP contribution in [-0.4, -0.2) is 63.3 Å². The second-order valence-corrected chi connectivity index (χ2v) is 6.19. The highest BCUT2D eigenvalue weighted by Gasteiger charge is 2.28. The highest BCUT2D eigenvalue weighted by molar-refractivity contribution is 7.80. The van der Waals surface area contributed by atoms with Crippen LogP contribution < -0.4 is 16.0 Å². The first-order valence-electron chi connectivity index (χ1n) is 7.68. The number of nitrogens with one attached hydrogen (secondary N) is 2. The number of pyridine rings is 1. The lowest BCUT2D eigenvalue weighted by atomic mass is 10.1. The van der Waals surface area contributed by atoms with Gasteiger partial charge in [-0.1, -0.05) is 12.2 Å². The molecule has 0 aromatic carbocycles. The molecule has 2 amide bonds. The van der Waals surface area contributed by atoms with Crippen LogP contribution in [0.1, 0.15) is 12.8 Å². The Morgan fingerprint density at radius 1 is 1.37 bits per heavy atom. The first kappa shape index (κ1) is 22.6. The van der Waals surface area contributed by atoms with E-state index in [9.17, 15) is 19.2 Å². The molecule has 27 heavy (non-hydrogen) atoms. The van der Waals surface area contributed by atoms with E-state index in [1.165, 1.54) is 12.3 Å². The van der Waals surface area contributed by atoms with E-state index in [0.29, 0.717) is 0 Å². The summed E-state index contributed by atoms with van der Waals surface area (Å²) >= 11 is 8.95. The molecule has 1 aromatic rings. The molecule has 0 aliphatic carbocycles. The number of amides is 2. The molecule has 0 saturated carbocycles. The van der Waals surface area contributed by atoms with E-state index in [0.717, 1.165) is 4.90 Å². The van der Waals surface area contributed by atoms with Crippen molar-refractivity contribution in [2.45, 2.75) is 24.9 Å². The number of hydrogen-bond acceptors (Lipinski definition) is 7. The van der Waals surface area contributed by atoms with Gasteiger partial charge in [-0.3, -0.25) is 24.1 Å². The van der Waals surface area contributed by atoms with Gasteiger partial charge in [0, 0.05) is 24.4 Å². The number of rotatable bonds is 10. The van der Waals surface area contributed by atoms with Crippen LogP contribution >= 0.6 is 24.8 Å². The lowest BCUT2D eigenvalue weighted by Gasteiger charge is -2.25. The number of carbonyl (C=O) groups is 4. The Kier molecular flexibility index (Phi) is 8.91. The summed E-state index contributed by atoms with van der Waals surface area (Å²) in [6.45, 7) is -0.668. The minimum Gasteiger partial charge on any atom is -0.480 e. The smallest absolute Gasteiger partial charge is 0.323 e. The van der Waals surface area contributed by atoms with Crippen molar-refractivity contribution < 1.29 is 29.4 Å². The van der Waals surface area contributed by atoms with Crippen molar-refractivity contribution in [3.8, 4) is 0 Å². The molecule has 1 heterocycles. The van der Waals surface area contributed by atoms with Crippen LogP contribution in [0.25, 0.3) is 0 Å². The van der Waals surface area contributed by atoms with E-state index in [1.807, 2.05) is 0 Å². The molecule has 147 valence electrons. The predicted octanol–water partition coefficient (Wildman–Crippen LogP) is -0.431. The third-order valence-corrected chi connectivity index (χ3v) is 3.95. The monoisotopic (exact) mass is 415 g/mol. The maximum Gasteiger partial charge on any atom is 0.323 e. The Labute approximate surface area is 165 Å². The minimum absolute atomic E-state index is 0.106. The highest BCUT2D eigenvalue weighted by atomic mass is 32.1. The van der Waals surface area contributed by atoms with Crippen LogP contribution in [0, 0.1) is 10.7 Å². The number of thiol groups is 1. The third-order valence-electron chi connectivity index (χ3n) is 3.36. The van der Waals surface area contributed by atoms with E-state index in [1.54, 1.807) is 0 Å². The summed E-state index contributed by atoms with van der Waals surface area (Å²) in [6.07, 6.45) is 1.10. The highest BCUT2D eigenvalue weighted by Crippen LogP contribution is 2.14. The van der Waals surface area contributed by atoms with Crippen LogP contribution in [0.5, 0.6) is 0 Å². The Hall–Kier alpha value is -2.44. The maximum absolute atomic E-state index is 12.7. The number of aliphatic carboxylic acids is 2. The van der Waals surface area contributed by atoms with Crippen LogP contribution in [0.2, 0.25) is 0 Å². The standard InChI is InChI=1S/C15H19N4O6S2/c16-9(15(24)25)1-2-11(20)18-10(7-26)14(23)19(6-13(21)22)8-3-4-17-12(27)5-8/h3-4,9-10,26H,1-2,6-7,16H2,(H,17,27)(H,18,20)(H,21,22)(H,24,25). The van der Waals surface area contributed by atoms with Crippen molar-refractivity contribution in [3.05, 3.63) is 23.0 Å². The van der Waals surface area contributed by atoms with E-state index >= 15 is 0 Å². The molecule has 12 heteroatoms. The van der Waals surface area contributed by atoms with E-state index in [4.69, 9.17) is 28.2 Å². The first-order valence-corrected chi connectivity index (χ1v) is 8.72. The second-order valence-electron chi connectivity index (χ2n) is 5.42. The zero-order chi connectivity index (χ0) is 20.6. The molecule has 0 spiro atoms. The van der Waals surface area contributed by atoms with Gasteiger partial charge in [-0.05, 0) is 12.5 Å². The molecule has 0 fully saturated rings. The van der Waals surface area contributed by atoms with Crippen molar-refractivity contribution in [3.63, 3.8) is 0 Å². The average Bonchev–Trinajstić information content (AvgIpc) is 2.61. The number of H-pyrrole nitrogens is 1. The van der Waals surface area contributed by atoms with E-state index in [-0.39, 0.29) is 28.9 Å².